The number of benzene rings is 2. The Morgan fingerprint density at radius 2 is 1.76 bits per heavy atom. The van der Waals surface area contributed by atoms with Crippen molar-refractivity contribution in [3.05, 3.63) is 74.9 Å². The summed E-state index contributed by atoms with van der Waals surface area (Å²) in [5.74, 6) is -1.19. The molecule has 0 aliphatic rings. The van der Waals surface area contributed by atoms with Gasteiger partial charge in [-0.3, -0.25) is 25.2 Å². The number of nitrogens with one attached hydrogen (secondary N) is 2. The Bertz CT molecular complexity index is 1420. The third kappa shape index (κ3) is 4.47. The Morgan fingerprint density at radius 1 is 1.03 bits per heavy atom. The van der Waals surface area contributed by atoms with E-state index in [1.165, 1.54) is 4.68 Å². The number of furan rings is 1. The van der Waals surface area contributed by atoms with Crippen molar-refractivity contribution in [2.75, 3.05) is 0 Å². The van der Waals surface area contributed by atoms with E-state index in [4.69, 9.17) is 16.0 Å². The van der Waals surface area contributed by atoms with E-state index in [-0.39, 0.29) is 17.0 Å². The largest absolute Gasteiger partial charge is 0.451 e. The molecule has 0 saturated heterocycles. The Morgan fingerprint density at radius 3 is 2.52 bits per heavy atom. The summed E-state index contributed by atoms with van der Waals surface area (Å²) in [6.07, 6.45) is 2.71. The molecule has 0 bridgehead atoms. The first kappa shape index (κ1) is 22.5. The van der Waals surface area contributed by atoms with Crippen LogP contribution in [0, 0.1) is 6.92 Å². The van der Waals surface area contributed by atoms with Gasteiger partial charge in [0.15, 0.2) is 11.5 Å². The molecule has 2 amide bonds. The minimum absolute atomic E-state index is 0.0510. The summed E-state index contributed by atoms with van der Waals surface area (Å²) < 4.78 is 6.94. The Labute approximate surface area is 194 Å². The van der Waals surface area contributed by atoms with E-state index in [0.29, 0.717) is 38.9 Å². The van der Waals surface area contributed by atoms with Crippen LogP contribution < -0.4 is 16.4 Å². The first-order valence-corrected chi connectivity index (χ1v) is 11.1. The number of hydrogen-bond acceptors (Lipinski definition) is 5. The zero-order valence-corrected chi connectivity index (χ0v) is 19.0. The normalized spacial score (nSPS) is 11.1. The molecule has 2 heterocycles. The molecule has 4 rings (SSSR count). The van der Waals surface area contributed by atoms with Gasteiger partial charge in [0.2, 0.25) is 0 Å². The molecule has 9 heteroatoms. The van der Waals surface area contributed by atoms with E-state index in [1.807, 2.05) is 0 Å². The van der Waals surface area contributed by atoms with Crippen molar-refractivity contribution in [3.63, 3.8) is 0 Å². The summed E-state index contributed by atoms with van der Waals surface area (Å²) >= 11 is 6.03. The molecular formula is C24H23ClN4O4. The van der Waals surface area contributed by atoms with Crippen LogP contribution in [0.25, 0.3) is 21.7 Å². The minimum atomic E-state index is -0.638. The molecule has 0 atom stereocenters. The topological polar surface area (TPSA) is 106 Å². The lowest BCUT2D eigenvalue weighted by Crippen LogP contribution is -2.43. The van der Waals surface area contributed by atoms with Crippen LogP contribution in [0.1, 0.15) is 52.8 Å². The van der Waals surface area contributed by atoms with Gasteiger partial charge in [0.05, 0.1) is 5.39 Å². The van der Waals surface area contributed by atoms with E-state index >= 15 is 0 Å². The molecule has 0 aliphatic heterocycles. The highest BCUT2D eigenvalue weighted by Crippen LogP contribution is 2.27. The van der Waals surface area contributed by atoms with Gasteiger partial charge in [-0.2, -0.15) is 5.10 Å². The molecule has 0 spiro atoms. The summed E-state index contributed by atoms with van der Waals surface area (Å²) in [6.45, 7) is 4.21. The maximum atomic E-state index is 12.9. The number of amides is 2. The lowest BCUT2D eigenvalue weighted by molar-refractivity contribution is 0.0829. The van der Waals surface area contributed by atoms with E-state index in [9.17, 15) is 14.4 Å². The molecule has 170 valence electrons. The fourth-order valence-electron chi connectivity index (χ4n) is 3.71. The van der Waals surface area contributed by atoms with Crippen molar-refractivity contribution in [1.29, 1.82) is 0 Å². The number of carbonyl (C=O) groups is 2. The zero-order valence-electron chi connectivity index (χ0n) is 18.3. The van der Waals surface area contributed by atoms with Gasteiger partial charge >= 0.3 is 5.91 Å². The maximum Gasteiger partial charge on any atom is 0.305 e. The van der Waals surface area contributed by atoms with Gasteiger partial charge in [-0.05, 0) is 37.6 Å². The molecule has 4 aromatic rings. The Balaban J connectivity index is 1.59. The average Bonchev–Trinajstić information content (AvgIpc) is 3.14. The number of hydrogen-bond donors (Lipinski definition) is 2. The first-order valence-electron chi connectivity index (χ1n) is 10.7. The predicted octanol–water partition coefficient (Wildman–Crippen LogP) is 4.37. The predicted molar refractivity (Wildman–Crippen MR) is 126 cm³/mol. The third-order valence-electron chi connectivity index (χ3n) is 5.45. The number of unbranched alkanes of at least 4 members (excludes halogenated alkanes) is 2. The second-order valence-corrected chi connectivity index (χ2v) is 8.17. The van der Waals surface area contributed by atoms with Crippen molar-refractivity contribution in [2.45, 2.75) is 39.7 Å². The van der Waals surface area contributed by atoms with Crippen LogP contribution >= 0.6 is 11.6 Å². The van der Waals surface area contributed by atoms with Crippen molar-refractivity contribution >= 4 is 45.2 Å². The molecule has 0 radical (unpaired) electrons. The second-order valence-electron chi connectivity index (χ2n) is 7.73. The van der Waals surface area contributed by atoms with Gasteiger partial charge in [0, 0.05) is 27.9 Å². The molecule has 2 aromatic heterocycles. The van der Waals surface area contributed by atoms with Crippen LogP contribution in [-0.2, 0) is 6.54 Å². The van der Waals surface area contributed by atoms with Gasteiger partial charge in [-0.1, -0.05) is 49.6 Å². The van der Waals surface area contributed by atoms with Crippen molar-refractivity contribution in [1.82, 2.24) is 20.6 Å². The summed E-state index contributed by atoms with van der Waals surface area (Å²) in [6, 6.07) is 11.8. The molecule has 0 unspecified atom stereocenters. The summed E-state index contributed by atoms with van der Waals surface area (Å²) in [4.78, 5) is 38.4. The summed E-state index contributed by atoms with van der Waals surface area (Å²) in [5.41, 5.74) is 5.67. The van der Waals surface area contributed by atoms with Crippen molar-refractivity contribution < 1.29 is 14.0 Å². The molecule has 2 N–H and O–H groups in total. The molecule has 33 heavy (non-hydrogen) atoms. The molecule has 0 fully saturated rings. The van der Waals surface area contributed by atoms with Crippen LogP contribution in [0.15, 0.2) is 51.7 Å². The molecule has 0 saturated carbocycles. The smallest absolute Gasteiger partial charge is 0.305 e. The highest BCUT2D eigenvalue weighted by Gasteiger charge is 2.21. The molecule has 8 nitrogen and oxygen atoms in total. The SMILES string of the molecule is CCCCCn1nc(C(=O)NNC(=O)c2oc3ccc(Cl)cc3c2C)c2ccccc2c1=O. The van der Waals surface area contributed by atoms with Crippen molar-refractivity contribution in [3.8, 4) is 0 Å². The third-order valence-corrected chi connectivity index (χ3v) is 5.69. The van der Waals surface area contributed by atoms with Gasteiger partial charge in [-0.25, -0.2) is 4.68 Å². The van der Waals surface area contributed by atoms with Gasteiger partial charge in [0.25, 0.3) is 11.5 Å². The zero-order chi connectivity index (χ0) is 23.5. The van der Waals surface area contributed by atoms with Crippen LogP contribution in [-0.4, -0.2) is 21.6 Å². The van der Waals surface area contributed by atoms with Crippen molar-refractivity contribution in [2.24, 2.45) is 0 Å². The van der Waals surface area contributed by atoms with Crippen LogP contribution in [0.5, 0.6) is 0 Å². The highest BCUT2D eigenvalue weighted by atomic mass is 35.5. The Hall–Kier alpha value is -3.65. The summed E-state index contributed by atoms with van der Waals surface area (Å²) in [5, 5.41) is 6.33. The lowest BCUT2D eigenvalue weighted by Gasteiger charge is -2.11. The number of carbonyl (C=O) groups excluding carboxylic acids is 2. The number of fused-ring (bicyclic) bond motifs is 2. The number of rotatable bonds is 6. The molecule has 2 aromatic carbocycles. The summed E-state index contributed by atoms with van der Waals surface area (Å²) in [7, 11) is 0. The fourth-order valence-corrected chi connectivity index (χ4v) is 3.88. The molecular weight excluding hydrogens is 444 g/mol. The highest BCUT2D eigenvalue weighted by molar-refractivity contribution is 6.31. The average molecular weight is 467 g/mol. The van der Waals surface area contributed by atoms with Gasteiger partial charge in [-0.15, -0.1) is 0 Å². The van der Waals surface area contributed by atoms with Gasteiger partial charge < -0.3 is 4.42 Å². The van der Waals surface area contributed by atoms with E-state index in [1.54, 1.807) is 49.4 Å². The van der Waals surface area contributed by atoms with Gasteiger partial charge in [0.1, 0.15) is 5.58 Å². The quantitative estimate of drug-likeness (QED) is 0.324. The van der Waals surface area contributed by atoms with E-state index in [2.05, 4.69) is 22.9 Å². The number of nitrogens with zero attached hydrogens (tertiary/aromatic N) is 2. The second kappa shape index (κ2) is 9.46. The standard InChI is InChI=1S/C24H23ClN4O4/c1-3-4-7-12-29-24(32)17-9-6-5-8-16(17)20(28-29)22(30)26-27-23(31)21-14(2)18-13-15(25)10-11-19(18)33-21/h5-6,8-11,13H,3-4,7,12H2,1-2H3,(H,26,30)(H,27,31). The number of halogens is 1. The fraction of sp³-hybridized carbons (Fsp3) is 0.250. The number of hydrazine groups is 1. The van der Waals surface area contributed by atoms with Crippen LogP contribution in [0.3, 0.4) is 0 Å². The Kier molecular flexibility index (Phi) is 6.46. The number of aryl methyl sites for hydroxylation is 2. The first-order chi connectivity index (χ1) is 15.9. The number of aromatic nitrogens is 2. The van der Waals surface area contributed by atoms with Crippen LogP contribution in [0.4, 0.5) is 0 Å². The monoisotopic (exact) mass is 466 g/mol. The molecule has 0 aliphatic carbocycles. The lowest BCUT2D eigenvalue weighted by atomic mass is 10.1. The maximum absolute atomic E-state index is 12.9. The minimum Gasteiger partial charge on any atom is -0.451 e. The van der Waals surface area contributed by atoms with E-state index < -0.39 is 11.8 Å². The van der Waals surface area contributed by atoms with Crippen LogP contribution in [0.2, 0.25) is 5.02 Å². The van der Waals surface area contributed by atoms with E-state index in [0.717, 1.165) is 19.3 Å².